The van der Waals surface area contributed by atoms with E-state index in [9.17, 15) is 13.2 Å². The number of amides is 1. The highest BCUT2D eigenvalue weighted by molar-refractivity contribution is 7.89. The zero-order chi connectivity index (χ0) is 19.5. The van der Waals surface area contributed by atoms with Crippen molar-refractivity contribution < 1.29 is 13.2 Å². The number of nitrogens with one attached hydrogen (secondary N) is 1. The highest BCUT2D eigenvalue weighted by Crippen LogP contribution is 2.26. The third-order valence-corrected chi connectivity index (χ3v) is 6.43. The number of sulfonamides is 1. The second kappa shape index (κ2) is 7.88. The Kier molecular flexibility index (Phi) is 6.05. The highest BCUT2D eigenvalue weighted by atomic mass is 32.2. The van der Waals surface area contributed by atoms with Gasteiger partial charge in [-0.25, -0.2) is 8.42 Å². The summed E-state index contributed by atoms with van der Waals surface area (Å²) in [6.45, 7) is 8.05. The number of nitrogens with zero attached hydrogens (tertiary/aromatic N) is 1. The van der Waals surface area contributed by atoms with Crippen LogP contribution in [0, 0.1) is 13.8 Å². The molecule has 0 saturated heterocycles. The molecule has 0 aliphatic carbocycles. The summed E-state index contributed by atoms with van der Waals surface area (Å²) < 4.78 is 27.0. The second-order valence-corrected chi connectivity index (χ2v) is 8.02. The Balaban J connectivity index is 2.42. The average molecular weight is 375 g/mol. The zero-order valence-corrected chi connectivity index (χ0v) is 16.4. The summed E-state index contributed by atoms with van der Waals surface area (Å²) in [7, 11) is -3.60. The number of aryl methyl sites for hydroxylation is 1. The van der Waals surface area contributed by atoms with E-state index in [1.54, 1.807) is 44.2 Å². The number of benzene rings is 2. The van der Waals surface area contributed by atoms with Crippen LogP contribution in [0.15, 0.2) is 41.3 Å². The van der Waals surface area contributed by atoms with Crippen molar-refractivity contribution >= 4 is 27.3 Å². The van der Waals surface area contributed by atoms with Crippen LogP contribution in [0.25, 0.3) is 0 Å². The van der Waals surface area contributed by atoms with E-state index in [1.165, 1.54) is 10.4 Å². The van der Waals surface area contributed by atoms with Crippen LogP contribution in [-0.2, 0) is 10.0 Å². The minimum Gasteiger partial charge on any atom is -0.399 e. The van der Waals surface area contributed by atoms with E-state index in [-0.39, 0.29) is 10.8 Å². The van der Waals surface area contributed by atoms with Crippen molar-refractivity contribution in [1.82, 2.24) is 4.31 Å². The molecule has 2 aromatic rings. The quantitative estimate of drug-likeness (QED) is 0.759. The molecule has 26 heavy (non-hydrogen) atoms. The molecule has 6 nitrogen and oxygen atoms in total. The molecule has 1 amide bonds. The normalized spacial score (nSPS) is 11.6. The Bertz CT molecular complexity index is 902. The number of hydrogen-bond acceptors (Lipinski definition) is 4. The van der Waals surface area contributed by atoms with E-state index in [4.69, 9.17) is 5.73 Å². The largest absolute Gasteiger partial charge is 0.399 e. The molecule has 0 aliphatic rings. The third-order valence-electron chi connectivity index (χ3n) is 4.41. The summed E-state index contributed by atoms with van der Waals surface area (Å²) in [6.07, 6.45) is 0. The van der Waals surface area contributed by atoms with E-state index in [1.807, 2.05) is 13.8 Å². The van der Waals surface area contributed by atoms with Crippen LogP contribution < -0.4 is 11.1 Å². The standard InChI is InChI=1S/C19H25N3O3S/c1-5-22(6-2)26(24,25)17-11-13(3)14(4)18(12-17)21-19(23)15-7-9-16(20)10-8-15/h7-12H,5-6,20H2,1-4H3,(H,21,23). The molecule has 0 radical (unpaired) electrons. The molecule has 0 heterocycles. The lowest BCUT2D eigenvalue weighted by atomic mass is 10.1. The molecule has 2 aromatic carbocycles. The molecule has 7 heteroatoms. The minimum absolute atomic E-state index is 0.178. The molecule has 0 saturated carbocycles. The predicted octanol–water partition coefficient (Wildman–Crippen LogP) is 3.17. The number of nitrogens with two attached hydrogens (primary N) is 1. The molecule has 0 aromatic heterocycles. The van der Waals surface area contributed by atoms with Gasteiger partial charge in [-0.2, -0.15) is 4.31 Å². The molecular weight excluding hydrogens is 350 g/mol. The van der Waals surface area contributed by atoms with Crippen molar-refractivity contribution in [1.29, 1.82) is 0 Å². The van der Waals surface area contributed by atoms with Crippen molar-refractivity contribution in [2.75, 3.05) is 24.1 Å². The number of anilines is 2. The van der Waals surface area contributed by atoms with Gasteiger partial charge in [0.25, 0.3) is 5.91 Å². The molecule has 2 rings (SSSR count). The molecular formula is C19H25N3O3S. The summed E-state index contributed by atoms with van der Waals surface area (Å²) in [5.41, 5.74) is 8.77. The van der Waals surface area contributed by atoms with Gasteiger partial charge in [-0.3, -0.25) is 4.79 Å². The molecule has 0 aliphatic heterocycles. The van der Waals surface area contributed by atoms with Gasteiger partial charge in [0.05, 0.1) is 4.90 Å². The minimum atomic E-state index is -3.60. The fourth-order valence-corrected chi connectivity index (χ4v) is 4.22. The lowest BCUT2D eigenvalue weighted by molar-refractivity contribution is 0.102. The number of hydrogen-bond donors (Lipinski definition) is 2. The first-order chi connectivity index (χ1) is 12.2. The molecule has 3 N–H and O–H groups in total. The molecule has 0 atom stereocenters. The molecule has 0 fully saturated rings. The zero-order valence-electron chi connectivity index (χ0n) is 15.5. The Morgan fingerprint density at radius 2 is 1.65 bits per heavy atom. The van der Waals surface area contributed by atoms with Crippen LogP contribution in [0.5, 0.6) is 0 Å². The number of carbonyl (C=O) groups excluding carboxylic acids is 1. The summed E-state index contributed by atoms with van der Waals surface area (Å²) in [5, 5.41) is 2.81. The van der Waals surface area contributed by atoms with Crippen molar-refractivity contribution in [3.05, 3.63) is 53.1 Å². The third kappa shape index (κ3) is 4.05. The Labute approximate surface area is 155 Å². The first-order valence-electron chi connectivity index (χ1n) is 8.49. The van der Waals surface area contributed by atoms with Crippen LogP contribution in [0.3, 0.4) is 0 Å². The molecule has 0 unspecified atom stereocenters. The lowest BCUT2D eigenvalue weighted by Gasteiger charge is -2.20. The van der Waals surface area contributed by atoms with E-state index >= 15 is 0 Å². The molecule has 0 spiro atoms. The average Bonchev–Trinajstić information content (AvgIpc) is 2.60. The first kappa shape index (κ1) is 19.9. The van der Waals surface area contributed by atoms with Gasteiger partial charge in [0.2, 0.25) is 10.0 Å². The maximum absolute atomic E-state index is 12.8. The first-order valence-corrected chi connectivity index (χ1v) is 9.93. The Hall–Kier alpha value is -2.38. The topological polar surface area (TPSA) is 92.5 Å². The summed E-state index contributed by atoms with van der Waals surface area (Å²) in [5.74, 6) is -0.315. The van der Waals surface area contributed by atoms with Gasteiger partial charge in [0.1, 0.15) is 0 Å². The highest BCUT2D eigenvalue weighted by Gasteiger charge is 2.23. The smallest absolute Gasteiger partial charge is 0.255 e. The van der Waals surface area contributed by atoms with Crippen LogP contribution in [-0.4, -0.2) is 31.7 Å². The summed E-state index contributed by atoms with van der Waals surface area (Å²) in [6, 6.07) is 9.71. The summed E-state index contributed by atoms with van der Waals surface area (Å²) in [4.78, 5) is 12.7. The predicted molar refractivity (Wildman–Crippen MR) is 105 cm³/mol. The Morgan fingerprint density at radius 1 is 1.08 bits per heavy atom. The van der Waals surface area contributed by atoms with E-state index in [0.29, 0.717) is 30.0 Å². The SMILES string of the molecule is CCN(CC)S(=O)(=O)c1cc(C)c(C)c(NC(=O)c2ccc(N)cc2)c1. The van der Waals surface area contributed by atoms with Crippen LogP contribution >= 0.6 is 0 Å². The number of rotatable bonds is 6. The number of nitrogen functional groups attached to an aromatic ring is 1. The van der Waals surface area contributed by atoms with Crippen LogP contribution in [0.2, 0.25) is 0 Å². The van der Waals surface area contributed by atoms with Crippen LogP contribution in [0.4, 0.5) is 11.4 Å². The lowest BCUT2D eigenvalue weighted by Crippen LogP contribution is -2.30. The monoisotopic (exact) mass is 375 g/mol. The van der Waals surface area contributed by atoms with Crippen LogP contribution in [0.1, 0.15) is 35.3 Å². The van der Waals surface area contributed by atoms with Crippen molar-refractivity contribution in [3.8, 4) is 0 Å². The van der Waals surface area contributed by atoms with Gasteiger partial charge < -0.3 is 11.1 Å². The van der Waals surface area contributed by atoms with Gasteiger partial charge >= 0.3 is 0 Å². The van der Waals surface area contributed by atoms with Gasteiger partial charge in [-0.1, -0.05) is 13.8 Å². The van der Waals surface area contributed by atoms with Crippen molar-refractivity contribution in [2.24, 2.45) is 0 Å². The second-order valence-electron chi connectivity index (χ2n) is 6.08. The van der Waals surface area contributed by atoms with Crippen molar-refractivity contribution in [3.63, 3.8) is 0 Å². The maximum atomic E-state index is 12.8. The van der Waals surface area contributed by atoms with Gasteiger partial charge in [-0.05, 0) is 61.4 Å². The maximum Gasteiger partial charge on any atom is 0.255 e. The van der Waals surface area contributed by atoms with Gasteiger partial charge in [0, 0.05) is 30.0 Å². The van der Waals surface area contributed by atoms with E-state index < -0.39 is 10.0 Å². The molecule has 0 bridgehead atoms. The van der Waals surface area contributed by atoms with E-state index in [2.05, 4.69) is 5.32 Å². The van der Waals surface area contributed by atoms with Crippen molar-refractivity contribution in [2.45, 2.75) is 32.6 Å². The fraction of sp³-hybridized carbons (Fsp3) is 0.316. The fourth-order valence-electron chi connectivity index (χ4n) is 2.65. The number of carbonyl (C=O) groups is 1. The van der Waals surface area contributed by atoms with Gasteiger partial charge in [0.15, 0.2) is 0 Å². The Morgan fingerprint density at radius 3 is 2.19 bits per heavy atom. The summed E-state index contributed by atoms with van der Waals surface area (Å²) >= 11 is 0. The molecule has 140 valence electrons. The van der Waals surface area contributed by atoms with E-state index in [0.717, 1.165) is 11.1 Å². The van der Waals surface area contributed by atoms with Gasteiger partial charge in [-0.15, -0.1) is 0 Å².